The van der Waals surface area contributed by atoms with Gasteiger partial charge in [-0.15, -0.1) is 0 Å². The molecule has 1 N–H and O–H groups in total. The van der Waals surface area contributed by atoms with Gasteiger partial charge in [-0.05, 0) is 30.7 Å². The van der Waals surface area contributed by atoms with Crippen LogP contribution in [0.25, 0.3) is 0 Å². The fourth-order valence-electron chi connectivity index (χ4n) is 1.71. The van der Waals surface area contributed by atoms with Gasteiger partial charge in [-0.2, -0.15) is 0 Å². The van der Waals surface area contributed by atoms with Crippen molar-refractivity contribution in [3.8, 4) is 5.75 Å². The number of hydrogen-bond donors (Lipinski definition) is 1. The molecule has 0 amide bonds. The Labute approximate surface area is 107 Å². The van der Waals surface area contributed by atoms with E-state index in [-0.39, 0.29) is 6.04 Å². The fraction of sp³-hybridized carbons (Fsp3) is 0.286. The maximum atomic E-state index is 5.22. The van der Waals surface area contributed by atoms with Gasteiger partial charge in [0.1, 0.15) is 12.1 Å². The van der Waals surface area contributed by atoms with Gasteiger partial charge in [-0.1, -0.05) is 12.1 Å². The minimum absolute atomic E-state index is 0.245. The predicted molar refractivity (Wildman–Crippen MR) is 70.3 cm³/mol. The van der Waals surface area contributed by atoms with Crippen LogP contribution in [0.4, 0.5) is 0 Å². The summed E-state index contributed by atoms with van der Waals surface area (Å²) in [5.74, 6) is 0.878. The smallest absolute Gasteiger partial charge is 0.119 e. The Balaban J connectivity index is 1.97. The van der Waals surface area contributed by atoms with Gasteiger partial charge in [0.15, 0.2) is 0 Å². The number of methoxy groups -OCH3 is 1. The molecule has 2 rings (SSSR count). The fourth-order valence-corrected chi connectivity index (χ4v) is 1.71. The van der Waals surface area contributed by atoms with Crippen molar-refractivity contribution in [1.82, 2.24) is 15.3 Å². The summed E-state index contributed by atoms with van der Waals surface area (Å²) in [5.41, 5.74) is 2.18. The number of nitrogens with zero attached hydrogens (tertiary/aromatic N) is 2. The van der Waals surface area contributed by atoms with Gasteiger partial charge in [-0.3, -0.25) is 0 Å². The van der Waals surface area contributed by atoms with Crippen molar-refractivity contribution in [2.24, 2.45) is 0 Å². The third-order valence-corrected chi connectivity index (χ3v) is 2.83. The summed E-state index contributed by atoms with van der Waals surface area (Å²) in [6.45, 7) is 2.84. The lowest BCUT2D eigenvalue weighted by molar-refractivity contribution is 0.413. The number of rotatable bonds is 5. The molecule has 1 aromatic heterocycles. The molecule has 94 valence electrons. The Kier molecular flexibility index (Phi) is 4.25. The van der Waals surface area contributed by atoms with E-state index in [0.29, 0.717) is 0 Å². The SMILES string of the molecule is COc1cccc([C@H](C)NCc2ccncn2)c1. The van der Waals surface area contributed by atoms with Crippen LogP contribution in [0.15, 0.2) is 42.9 Å². The molecule has 1 atom stereocenters. The molecule has 0 aliphatic carbocycles. The lowest BCUT2D eigenvalue weighted by Crippen LogP contribution is -2.18. The monoisotopic (exact) mass is 243 g/mol. The van der Waals surface area contributed by atoms with Gasteiger partial charge >= 0.3 is 0 Å². The molecule has 0 radical (unpaired) electrons. The van der Waals surface area contributed by atoms with Crippen LogP contribution in [0, 0.1) is 0 Å². The molecular formula is C14H17N3O. The summed E-state index contributed by atoms with van der Waals surface area (Å²) in [4.78, 5) is 8.08. The number of aromatic nitrogens is 2. The zero-order chi connectivity index (χ0) is 12.8. The summed E-state index contributed by atoms with van der Waals surface area (Å²) in [5, 5.41) is 3.42. The van der Waals surface area contributed by atoms with Crippen LogP contribution < -0.4 is 10.1 Å². The molecular weight excluding hydrogens is 226 g/mol. The number of nitrogens with one attached hydrogen (secondary N) is 1. The van der Waals surface area contributed by atoms with Crippen LogP contribution >= 0.6 is 0 Å². The summed E-state index contributed by atoms with van der Waals surface area (Å²) in [6, 6.07) is 10.2. The molecule has 0 fully saturated rings. The van der Waals surface area contributed by atoms with E-state index < -0.39 is 0 Å². The first-order chi connectivity index (χ1) is 8.79. The van der Waals surface area contributed by atoms with E-state index in [0.717, 1.165) is 18.0 Å². The molecule has 4 nitrogen and oxygen atoms in total. The Morgan fingerprint density at radius 2 is 2.22 bits per heavy atom. The van der Waals surface area contributed by atoms with Crippen LogP contribution in [0.3, 0.4) is 0 Å². The minimum atomic E-state index is 0.245. The zero-order valence-electron chi connectivity index (χ0n) is 10.6. The lowest BCUT2D eigenvalue weighted by atomic mass is 10.1. The van der Waals surface area contributed by atoms with Crippen molar-refractivity contribution in [3.05, 3.63) is 54.1 Å². The first-order valence-corrected chi connectivity index (χ1v) is 5.92. The molecule has 0 aliphatic heterocycles. The van der Waals surface area contributed by atoms with E-state index >= 15 is 0 Å². The molecule has 18 heavy (non-hydrogen) atoms. The van der Waals surface area contributed by atoms with Gasteiger partial charge in [0, 0.05) is 18.8 Å². The largest absolute Gasteiger partial charge is 0.497 e. The minimum Gasteiger partial charge on any atom is -0.497 e. The molecule has 0 bridgehead atoms. The van der Waals surface area contributed by atoms with Crippen molar-refractivity contribution in [3.63, 3.8) is 0 Å². The highest BCUT2D eigenvalue weighted by Gasteiger charge is 2.06. The van der Waals surface area contributed by atoms with Crippen molar-refractivity contribution in [2.45, 2.75) is 19.5 Å². The van der Waals surface area contributed by atoms with Gasteiger partial charge in [0.05, 0.1) is 12.8 Å². The number of hydrogen-bond acceptors (Lipinski definition) is 4. The van der Waals surface area contributed by atoms with E-state index in [1.165, 1.54) is 5.56 Å². The Bertz CT molecular complexity index is 487. The van der Waals surface area contributed by atoms with E-state index in [1.54, 1.807) is 19.6 Å². The highest BCUT2D eigenvalue weighted by Crippen LogP contribution is 2.18. The van der Waals surface area contributed by atoms with Crippen molar-refractivity contribution < 1.29 is 4.74 Å². The standard InChI is InChI=1S/C14H17N3O/c1-11(12-4-3-5-14(8-12)18-2)16-9-13-6-7-15-10-17-13/h3-8,10-11,16H,9H2,1-2H3/t11-/m0/s1. The van der Waals surface area contributed by atoms with Crippen molar-refractivity contribution in [2.75, 3.05) is 7.11 Å². The molecule has 0 unspecified atom stereocenters. The van der Waals surface area contributed by atoms with E-state index in [1.807, 2.05) is 24.3 Å². The molecule has 0 saturated heterocycles. The quantitative estimate of drug-likeness (QED) is 0.875. The normalized spacial score (nSPS) is 12.1. The summed E-state index contributed by atoms with van der Waals surface area (Å²) in [6.07, 6.45) is 3.31. The average molecular weight is 243 g/mol. The predicted octanol–water partition coefficient (Wildman–Crippen LogP) is 2.34. The lowest BCUT2D eigenvalue weighted by Gasteiger charge is -2.14. The van der Waals surface area contributed by atoms with Crippen LogP contribution in [-0.2, 0) is 6.54 Å². The first kappa shape index (κ1) is 12.5. The summed E-state index contributed by atoms with van der Waals surface area (Å²) in [7, 11) is 1.68. The molecule has 1 aromatic carbocycles. The molecule has 2 aromatic rings. The van der Waals surface area contributed by atoms with E-state index in [2.05, 4.69) is 28.3 Å². The Hall–Kier alpha value is -1.94. The van der Waals surface area contributed by atoms with Gasteiger partial charge in [-0.25, -0.2) is 9.97 Å². The van der Waals surface area contributed by atoms with Gasteiger partial charge in [0.2, 0.25) is 0 Å². The highest BCUT2D eigenvalue weighted by atomic mass is 16.5. The second-order valence-electron chi connectivity index (χ2n) is 4.08. The molecule has 1 heterocycles. The molecule has 0 aliphatic rings. The topological polar surface area (TPSA) is 47.0 Å². The van der Waals surface area contributed by atoms with E-state index in [9.17, 15) is 0 Å². The number of ether oxygens (including phenoxy) is 1. The maximum Gasteiger partial charge on any atom is 0.119 e. The van der Waals surface area contributed by atoms with Crippen molar-refractivity contribution >= 4 is 0 Å². The third kappa shape index (κ3) is 3.28. The molecule has 0 saturated carbocycles. The summed E-state index contributed by atoms with van der Waals surface area (Å²) >= 11 is 0. The van der Waals surface area contributed by atoms with Crippen LogP contribution in [0.2, 0.25) is 0 Å². The van der Waals surface area contributed by atoms with Gasteiger partial charge in [0.25, 0.3) is 0 Å². The average Bonchev–Trinajstić information content (AvgIpc) is 2.46. The summed E-state index contributed by atoms with van der Waals surface area (Å²) < 4.78 is 5.22. The Morgan fingerprint density at radius 3 is 2.94 bits per heavy atom. The van der Waals surface area contributed by atoms with E-state index in [4.69, 9.17) is 4.74 Å². The van der Waals surface area contributed by atoms with Gasteiger partial charge < -0.3 is 10.1 Å². The third-order valence-electron chi connectivity index (χ3n) is 2.83. The second-order valence-corrected chi connectivity index (χ2v) is 4.08. The number of benzene rings is 1. The molecule has 4 heteroatoms. The first-order valence-electron chi connectivity index (χ1n) is 5.92. The van der Waals surface area contributed by atoms with Crippen molar-refractivity contribution in [1.29, 1.82) is 0 Å². The highest BCUT2D eigenvalue weighted by molar-refractivity contribution is 5.30. The van der Waals surface area contributed by atoms with Crippen LogP contribution in [0.5, 0.6) is 5.75 Å². The Morgan fingerprint density at radius 1 is 1.33 bits per heavy atom. The van der Waals surface area contributed by atoms with Crippen LogP contribution in [-0.4, -0.2) is 17.1 Å². The molecule has 0 spiro atoms. The second kappa shape index (κ2) is 6.12. The maximum absolute atomic E-state index is 5.22. The zero-order valence-corrected chi connectivity index (χ0v) is 10.6. The van der Waals surface area contributed by atoms with Crippen LogP contribution in [0.1, 0.15) is 24.2 Å².